The molecule has 0 atom stereocenters. The van der Waals surface area contributed by atoms with Gasteiger partial charge in [0.25, 0.3) is 5.92 Å². The predicted molar refractivity (Wildman–Crippen MR) is 163 cm³/mol. The Labute approximate surface area is 266 Å². The van der Waals surface area contributed by atoms with Gasteiger partial charge >= 0.3 is 5.97 Å². The summed E-state index contributed by atoms with van der Waals surface area (Å²) in [5, 5.41) is 0. The van der Waals surface area contributed by atoms with Crippen LogP contribution in [0.3, 0.4) is 0 Å². The van der Waals surface area contributed by atoms with E-state index in [1.165, 1.54) is 37.8 Å². The van der Waals surface area contributed by atoms with Crippen molar-refractivity contribution >= 4 is 5.97 Å². The number of carbonyl (C=O) groups is 1. The third-order valence-corrected chi connectivity index (χ3v) is 8.41. The Balaban J connectivity index is 1.30. The third kappa shape index (κ3) is 8.76. The predicted octanol–water partition coefficient (Wildman–Crippen LogP) is 10.6. The fraction of sp³-hybridized carbons (Fsp3) is 0.472. The molecule has 0 N–H and O–H groups in total. The maximum atomic E-state index is 14.9. The van der Waals surface area contributed by atoms with E-state index in [-0.39, 0.29) is 35.6 Å². The Morgan fingerprint density at radius 2 is 1.28 bits per heavy atom. The minimum atomic E-state index is -3.39. The summed E-state index contributed by atoms with van der Waals surface area (Å²) in [6.45, 7) is 3.42. The van der Waals surface area contributed by atoms with Gasteiger partial charge in [-0.15, -0.1) is 0 Å². The second-order valence-corrected chi connectivity index (χ2v) is 11.8. The van der Waals surface area contributed by atoms with E-state index in [9.17, 15) is 31.1 Å². The maximum absolute atomic E-state index is 14.9. The van der Waals surface area contributed by atoms with Crippen molar-refractivity contribution < 1.29 is 45.3 Å². The highest BCUT2D eigenvalue weighted by atomic mass is 19.3. The van der Waals surface area contributed by atoms with Gasteiger partial charge in [0.2, 0.25) is 11.6 Å². The lowest BCUT2D eigenvalue weighted by Crippen LogP contribution is -2.25. The molecule has 0 amide bonds. The normalized spacial score (nSPS) is 16.7. The average molecular weight is 651 g/mol. The van der Waals surface area contributed by atoms with Gasteiger partial charge in [0, 0.05) is 23.1 Å². The summed E-state index contributed by atoms with van der Waals surface area (Å²) in [6.07, 6.45) is 7.97. The zero-order valence-electron chi connectivity index (χ0n) is 26.2. The van der Waals surface area contributed by atoms with Gasteiger partial charge < -0.3 is 14.2 Å². The van der Waals surface area contributed by atoms with Gasteiger partial charge in [0.1, 0.15) is 5.75 Å². The molecule has 0 aliphatic heterocycles. The number of unbranched alkanes of at least 4 members (excludes halogenated alkanes) is 2. The van der Waals surface area contributed by atoms with Crippen LogP contribution in [-0.4, -0.2) is 19.2 Å². The molecular weight excluding hydrogens is 610 g/mol. The highest BCUT2D eigenvalue weighted by molar-refractivity contribution is 5.75. The summed E-state index contributed by atoms with van der Waals surface area (Å²) in [5.41, 5.74) is -1.46. The molecular formula is C36H40F6O4. The minimum Gasteiger partial charge on any atom is -0.490 e. The summed E-state index contributed by atoms with van der Waals surface area (Å²) >= 11 is 0. The Morgan fingerprint density at radius 1 is 0.717 bits per heavy atom. The molecule has 0 radical (unpaired) electrons. The molecule has 0 aromatic heterocycles. The van der Waals surface area contributed by atoms with Crippen molar-refractivity contribution in [3.05, 3.63) is 77.4 Å². The van der Waals surface area contributed by atoms with E-state index in [0.717, 1.165) is 62.1 Å². The number of benzene rings is 3. The minimum absolute atomic E-state index is 0.143. The monoisotopic (exact) mass is 650 g/mol. The van der Waals surface area contributed by atoms with Crippen LogP contribution < -0.4 is 14.2 Å². The van der Waals surface area contributed by atoms with Crippen LogP contribution in [0, 0.1) is 35.1 Å². The largest absolute Gasteiger partial charge is 0.490 e. The number of halogens is 6. The molecule has 0 saturated heterocycles. The fourth-order valence-corrected chi connectivity index (χ4v) is 5.68. The number of esters is 1. The van der Waals surface area contributed by atoms with Gasteiger partial charge in [-0.25, -0.2) is 17.6 Å². The van der Waals surface area contributed by atoms with E-state index in [4.69, 9.17) is 14.2 Å². The van der Waals surface area contributed by atoms with E-state index in [1.54, 1.807) is 6.92 Å². The molecule has 3 aromatic carbocycles. The molecule has 0 unspecified atom stereocenters. The van der Waals surface area contributed by atoms with Crippen LogP contribution in [0.25, 0.3) is 11.1 Å². The zero-order chi connectivity index (χ0) is 33.3. The van der Waals surface area contributed by atoms with Crippen LogP contribution in [0.1, 0.15) is 83.6 Å². The Morgan fingerprint density at radius 3 is 1.83 bits per heavy atom. The average Bonchev–Trinajstić information content (AvgIpc) is 3.05. The van der Waals surface area contributed by atoms with Crippen molar-refractivity contribution in [1.82, 2.24) is 0 Å². The summed E-state index contributed by atoms with van der Waals surface area (Å²) in [5.74, 6) is -9.95. The molecule has 1 aliphatic rings. The SMILES string of the molecule is CCCCCC1CCC(C(=O)Oc2ccc(C(F)(F)CCOc3ccc(-c4ccc(OCCC)c(F)c4F)c(F)c3F)cc2)CC1. The Hall–Kier alpha value is -3.69. The van der Waals surface area contributed by atoms with Crippen molar-refractivity contribution in [1.29, 1.82) is 0 Å². The van der Waals surface area contributed by atoms with E-state index < -0.39 is 59.1 Å². The van der Waals surface area contributed by atoms with Crippen molar-refractivity contribution in [2.24, 2.45) is 11.8 Å². The molecule has 1 fully saturated rings. The van der Waals surface area contributed by atoms with Gasteiger partial charge in [0.15, 0.2) is 23.1 Å². The first-order valence-corrected chi connectivity index (χ1v) is 16.0. The standard InChI is InChI=1S/C36H40F6O4/c1-3-5-6-7-23-8-10-24(11-9-23)35(43)46-26-14-12-25(13-15-26)36(41,42)20-22-45-30-19-17-28(32(38)34(30)40)27-16-18-29(44-21-4-2)33(39)31(27)37/h12-19,23-24H,3-11,20-22H2,1-2H3. The first-order valence-electron chi connectivity index (χ1n) is 16.0. The van der Waals surface area contributed by atoms with Crippen LogP contribution in [-0.2, 0) is 10.7 Å². The fourth-order valence-electron chi connectivity index (χ4n) is 5.68. The molecule has 0 spiro atoms. The summed E-state index contributed by atoms with van der Waals surface area (Å²) in [4.78, 5) is 12.6. The molecule has 3 aromatic rings. The highest BCUT2D eigenvalue weighted by Gasteiger charge is 2.32. The number of hydrogen-bond donors (Lipinski definition) is 0. The van der Waals surface area contributed by atoms with Crippen LogP contribution in [0.4, 0.5) is 26.3 Å². The number of carbonyl (C=O) groups excluding carboxylic acids is 1. The third-order valence-electron chi connectivity index (χ3n) is 8.41. The second-order valence-electron chi connectivity index (χ2n) is 11.8. The van der Waals surface area contributed by atoms with E-state index in [1.807, 2.05) is 0 Å². The zero-order valence-corrected chi connectivity index (χ0v) is 26.2. The number of rotatable bonds is 15. The molecule has 1 saturated carbocycles. The number of hydrogen-bond acceptors (Lipinski definition) is 4. The molecule has 250 valence electrons. The van der Waals surface area contributed by atoms with Crippen LogP contribution in [0.2, 0.25) is 0 Å². The van der Waals surface area contributed by atoms with Crippen molar-refractivity contribution in [3.8, 4) is 28.4 Å². The van der Waals surface area contributed by atoms with Gasteiger partial charge in [-0.1, -0.05) is 39.5 Å². The van der Waals surface area contributed by atoms with Crippen LogP contribution in [0.5, 0.6) is 17.2 Å². The van der Waals surface area contributed by atoms with E-state index in [0.29, 0.717) is 12.3 Å². The molecule has 0 heterocycles. The van der Waals surface area contributed by atoms with Crippen molar-refractivity contribution in [2.75, 3.05) is 13.2 Å². The van der Waals surface area contributed by atoms with E-state index >= 15 is 0 Å². The van der Waals surface area contributed by atoms with Gasteiger partial charge in [-0.05, 0) is 86.6 Å². The van der Waals surface area contributed by atoms with Gasteiger partial charge in [-0.2, -0.15) is 8.78 Å². The Kier molecular flexibility index (Phi) is 12.4. The Bertz CT molecular complexity index is 1450. The summed E-state index contributed by atoms with van der Waals surface area (Å²) in [6, 6.07) is 9.03. The van der Waals surface area contributed by atoms with Gasteiger partial charge in [0.05, 0.1) is 19.1 Å². The van der Waals surface area contributed by atoms with Crippen molar-refractivity contribution in [2.45, 2.75) is 84.0 Å². The second kappa shape index (κ2) is 16.2. The van der Waals surface area contributed by atoms with Crippen molar-refractivity contribution in [3.63, 3.8) is 0 Å². The molecule has 4 rings (SSSR count). The lowest BCUT2D eigenvalue weighted by molar-refractivity contribution is -0.140. The van der Waals surface area contributed by atoms with Gasteiger partial charge in [-0.3, -0.25) is 4.79 Å². The summed E-state index contributed by atoms with van der Waals surface area (Å²) in [7, 11) is 0. The topological polar surface area (TPSA) is 44.8 Å². The first-order chi connectivity index (χ1) is 22.1. The van der Waals surface area contributed by atoms with Crippen LogP contribution >= 0.6 is 0 Å². The molecule has 1 aliphatic carbocycles. The summed E-state index contributed by atoms with van der Waals surface area (Å²) < 4.78 is 104. The smallest absolute Gasteiger partial charge is 0.314 e. The van der Waals surface area contributed by atoms with E-state index in [2.05, 4.69) is 6.92 Å². The first kappa shape index (κ1) is 35.2. The maximum Gasteiger partial charge on any atom is 0.314 e. The molecule has 4 nitrogen and oxygen atoms in total. The quantitative estimate of drug-likeness (QED) is 0.0711. The lowest BCUT2D eigenvalue weighted by Gasteiger charge is -2.27. The molecule has 46 heavy (non-hydrogen) atoms. The molecule has 10 heteroatoms. The van der Waals surface area contributed by atoms with Crippen LogP contribution in [0.15, 0.2) is 48.5 Å². The number of alkyl halides is 2. The number of ether oxygens (including phenoxy) is 3. The molecule has 0 bridgehead atoms. The highest BCUT2D eigenvalue weighted by Crippen LogP contribution is 2.37. The lowest BCUT2D eigenvalue weighted by atomic mass is 9.80.